The van der Waals surface area contributed by atoms with Crippen molar-refractivity contribution < 1.29 is 26.4 Å². The number of carbonyl (C=O) groups is 1. The number of rotatable bonds is 10. The van der Waals surface area contributed by atoms with Gasteiger partial charge in [-0.15, -0.1) is 0 Å². The second-order valence-electron chi connectivity index (χ2n) is 7.77. The minimum Gasteiger partial charge on any atom is -0.493 e. The monoisotopic (exact) mass is 482 g/mol. The van der Waals surface area contributed by atoms with Crippen molar-refractivity contribution >= 4 is 25.8 Å². The highest BCUT2D eigenvalue weighted by molar-refractivity contribution is 7.90. The van der Waals surface area contributed by atoms with E-state index in [1.54, 1.807) is 37.4 Å². The first-order chi connectivity index (χ1) is 14.8. The Morgan fingerprint density at radius 3 is 2.25 bits per heavy atom. The van der Waals surface area contributed by atoms with Gasteiger partial charge in [0.15, 0.2) is 9.84 Å². The number of aryl methyl sites for hydroxylation is 2. The van der Waals surface area contributed by atoms with Gasteiger partial charge in [-0.05, 0) is 61.7 Å². The lowest BCUT2D eigenvalue weighted by Crippen LogP contribution is -2.40. The minimum absolute atomic E-state index is 0.156. The van der Waals surface area contributed by atoms with Gasteiger partial charge in [-0.2, -0.15) is 4.31 Å². The topological polar surface area (TPSA) is 101 Å². The molecule has 0 saturated carbocycles. The van der Waals surface area contributed by atoms with E-state index < -0.39 is 19.9 Å². The fraction of sp³-hybridized carbons (Fsp3) is 0.409. The molecule has 0 heterocycles. The number of ether oxygens (including phenoxy) is 1. The van der Waals surface area contributed by atoms with Crippen molar-refractivity contribution in [2.75, 3.05) is 40.0 Å². The number of amides is 1. The summed E-state index contributed by atoms with van der Waals surface area (Å²) in [5, 5.41) is 0. The maximum Gasteiger partial charge on any atom is 0.243 e. The van der Waals surface area contributed by atoms with Gasteiger partial charge in [0, 0.05) is 26.9 Å². The summed E-state index contributed by atoms with van der Waals surface area (Å²) in [7, 11) is -4.10. The summed E-state index contributed by atoms with van der Waals surface area (Å²) in [5.41, 5.74) is 1.86. The van der Waals surface area contributed by atoms with E-state index in [0.717, 1.165) is 21.7 Å². The molecule has 0 atom stereocenters. The lowest BCUT2D eigenvalue weighted by atomic mass is 10.1. The average molecular weight is 483 g/mol. The normalized spacial score (nSPS) is 12.1. The van der Waals surface area contributed by atoms with Crippen LogP contribution in [0, 0.1) is 13.8 Å². The van der Waals surface area contributed by atoms with E-state index >= 15 is 0 Å². The van der Waals surface area contributed by atoms with Crippen molar-refractivity contribution in [3.63, 3.8) is 0 Å². The highest BCUT2D eigenvalue weighted by Gasteiger charge is 2.24. The summed E-state index contributed by atoms with van der Waals surface area (Å²) < 4.78 is 55.4. The van der Waals surface area contributed by atoms with Gasteiger partial charge in [0.2, 0.25) is 15.9 Å². The molecule has 32 heavy (non-hydrogen) atoms. The van der Waals surface area contributed by atoms with Gasteiger partial charge in [-0.3, -0.25) is 4.79 Å². The van der Waals surface area contributed by atoms with E-state index in [4.69, 9.17) is 4.74 Å². The molecule has 1 amide bonds. The number of hydrogen-bond donors (Lipinski definition) is 0. The Morgan fingerprint density at radius 2 is 1.62 bits per heavy atom. The van der Waals surface area contributed by atoms with Crippen LogP contribution >= 0.6 is 0 Å². The quantitative estimate of drug-likeness (QED) is 0.482. The molecule has 0 N–H and O–H groups in total. The van der Waals surface area contributed by atoms with Gasteiger partial charge in [-0.1, -0.05) is 12.1 Å². The van der Waals surface area contributed by atoms with E-state index in [1.165, 1.54) is 24.1 Å². The molecule has 0 aliphatic heterocycles. The van der Waals surface area contributed by atoms with E-state index in [0.29, 0.717) is 18.7 Å². The summed E-state index contributed by atoms with van der Waals surface area (Å²) in [5.74, 6) is 0.0973. The summed E-state index contributed by atoms with van der Waals surface area (Å²) >= 11 is 0. The standard InChI is InChI=1S/C22H30N2O6S2/c1-17-10-11-21(14-18(17)2)32(28,29)24(4)16-22(25)23(3)12-7-13-30-19-8-6-9-20(15-19)31(5,26)27/h6,8-11,14-15H,7,12-13,16H2,1-5H3. The van der Waals surface area contributed by atoms with E-state index in [1.807, 2.05) is 13.8 Å². The zero-order valence-corrected chi connectivity index (χ0v) is 20.7. The van der Waals surface area contributed by atoms with Gasteiger partial charge in [-0.25, -0.2) is 16.8 Å². The second kappa shape index (κ2) is 10.5. The molecule has 2 aromatic carbocycles. The van der Waals surface area contributed by atoms with Gasteiger partial charge in [0.25, 0.3) is 0 Å². The molecule has 2 aromatic rings. The molecule has 0 fully saturated rings. The number of hydrogen-bond acceptors (Lipinski definition) is 6. The summed E-state index contributed by atoms with van der Waals surface area (Å²) in [6.07, 6.45) is 1.63. The molecule has 10 heteroatoms. The van der Waals surface area contributed by atoms with Crippen LogP contribution in [0.3, 0.4) is 0 Å². The maximum atomic E-state index is 12.8. The number of nitrogens with zero attached hydrogens (tertiary/aromatic N) is 2. The first-order valence-electron chi connectivity index (χ1n) is 10.0. The summed E-state index contributed by atoms with van der Waals surface area (Å²) in [6, 6.07) is 11.1. The number of sulfonamides is 1. The van der Waals surface area contributed by atoms with Crippen molar-refractivity contribution in [1.82, 2.24) is 9.21 Å². The van der Waals surface area contributed by atoms with Crippen molar-refractivity contribution in [1.29, 1.82) is 0 Å². The molecular formula is C22H30N2O6S2. The highest BCUT2D eigenvalue weighted by atomic mass is 32.2. The Balaban J connectivity index is 1.87. The van der Waals surface area contributed by atoms with E-state index in [9.17, 15) is 21.6 Å². The maximum absolute atomic E-state index is 12.8. The minimum atomic E-state index is -3.77. The van der Waals surface area contributed by atoms with Gasteiger partial charge < -0.3 is 9.64 Å². The molecule has 0 radical (unpaired) electrons. The van der Waals surface area contributed by atoms with E-state index in [-0.39, 0.29) is 28.8 Å². The van der Waals surface area contributed by atoms with Crippen LogP contribution < -0.4 is 4.74 Å². The van der Waals surface area contributed by atoms with Crippen LogP contribution in [0.2, 0.25) is 0 Å². The van der Waals surface area contributed by atoms with E-state index in [2.05, 4.69) is 0 Å². The zero-order chi connectivity index (χ0) is 24.1. The van der Waals surface area contributed by atoms with Crippen LogP contribution in [-0.2, 0) is 24.7 Å². The lowest BCUT2D eigenvalue weighted by Gasteiger charge is -2.22. The number of carbonyl (C=O) groups excluding carboxylic acids is 1. The van der Waals surface area contributed by atoms with Gasteiger partial charge >= 0.3 is 0 Å². The average Bonchev–Trinajstić information content (AvgIpc) is 2.72. The van der Waals surface area contributed by atoms with Crippen molar-refractivity contribution in [2.45, 2.75) is 30.1 Å². The molecule has 0 aromatic heterocycles. The fourth-order valence-corrected chi connectivity index (χ4v) is 4.72. The first kappa shape index (κ1) is 25.8. The van der Waals surface area contributed by atoms with Crippen LogP contribution in [0.15, 0.2) is 52.3 Å². The SMILES string of the molecule is Cc1ccc(S(=O)(=O)N(C)CC(=O)N(C)CCCOc2cccc(S(C)(=O)=O)c2)cc1C. The molecule has 0 aliphatic carbocycles. The molecule has 0 spiro atoms. The molecule has 8 nitrogen and oxygen atoms in total. The zero-order valence-electron chi connectivity index (χ0n) is 19.0. The lowest BCUT2D eigenvalue weighted by molar-refractivity contribution is -0.130. The molecule has 176 valence electrons. The second-order valence-corrected chi connectivity index (χ2v) is 11.8. The Hall–Kier alpha value is -2.43. The van der Waals surface area contributed by atoms with Crippen LogP contribution in [0.4, 0.5) is 0 Å². The number of benzene rings is 2. The third-order valence-corrected chi connectivity index (χ3v) is 8.02. The molecule has 0 unspecified atom stereocenters. The third-order valence-electron chi connectivity index (χ3n) is 5.11. The van der Waals surface area contributed by atoms with Crippen LogP contribution in [0.25, 0.3) is 0 Å². The largest absolute Gasteiger partial charge is 0.493 e. The number of sulfone groups is 1. The molecule has 0 aliphatic rings. The predicted molar refractivity (Wildman–Crippen MR) is 123 cm³/mol. The smallest absolute Gasteiger partial charge is 0.243 e. The van der Waals surface area contributed by atoms with Crippen LogP contribution in [0.5, 0.6) is 5.75 Å². The van der Waals surface area contributed by atoms with Gasteiger partial charge in [0.1, 0.15) is 5.75 Å². The molecule has 2 rings (SSSR count). The summed E-state index contributed by atoms with van der Waals surface area (Å²) in [4.78, 5) is 14.3. The third kappa shape index (κ3) is 6.78. The Morgan fingerprint density at radius 1 is 0.938 bits per heavy atom. The van der Waals surface area contributed by atoms with Crippen molar-refractivity contribution in [3.8, 4) is 5.75 Å². The Kier molecular flexibility index (Phi) is 8.44. The van der Waals surface area contributed by atoms with Crippen molar-refractivity contribution in [3.05, 3.63) is 53.6 Å². The molecule has 0 saturated heterocycles. The Bertz CT molecular complexity index is 1180. The van der Waals surface area contributed by atoms with Gasteiger partial charge in [0.05, 0.1) is 22.9 Å². The predicted octanol–water partition coefficient (Wildman–Crippen LogP) is 2.25. The Labute approximate surface area is 190 Å². The number of likely N-dealkylation sites (N-methyl/N-ethyl adjacent to an activating group) is 2. The first-order valence-corrected chi connectivity index (χ1v) is 13.4. The summed E-state index contributed by atoms with van der Waals surface area (Å²) in [6.45, 7) is 4.11. The fourth-order valence-electron chi connectivity index (χ4n) is 2.86. The highest BCUT2D eigenvalue weighted by Crippen LogP contribution is 2.19. The van der Waals surface area contributed by atoms with Crippen LogP contribution in [-0.4, -0.2) is 72.0 Å². The van der Waals surface area contributed by atoms with Crippen molar-refractivity contribution in [2.24, 2.45) is 0 Å². The van der Waals surface area contributed by atoms with Crippen LogP contribution in [0.1, 0.15) is 17.5 Å². The molecule has 0 bridgehead atoms. The molecular weight excluding hydrogens is 452 g/mol.